The van der Waals surface area contributed by atoms with Crippen LogP contribution in [0.15, 0.2) is 25.8 Å². The first-order valence-electron chi connectivity index (χ1n) is 6.04. The molecule has 0 bridgehead atoms. The van der Waals surface area contributed by atoms with E-state index in [2.05, 4.69) is 36.5 Å². The Bertz CT molecular complexity index is 750. The topological polar surface area (TPSA) is 77.0 Å². The van der Waals surface area contributed by atoms with Gasteiger partial charge in [-0.05, 0) is 21.5 Å². The van der Waals surface area contributed by atoms with Gasteiger partial charge in [-0.3, -0.25) is 0 Å². The van der Waals surface area contributed by atoms with Crippen molar-refractivity contribution in [2.75, 3.05) is 0 Å². The molecule has 6 nitrogen and oxygen atoms in total. The van der Waals surface area contributed by atoms with Gasteiger partial charge >= 0.3 is 0 Å². The summed E-state index contributed by atoms with van der Waals surface area (Å²) in [7, 11) is 0. The van der Waals surface area contributed by atoms with Gasteiger partial charge in [-0.2, -0.15) is 4.98 Å². The van der Waals surface area contributed by atoms with Crippen molar-refractivity contribution in [1.29, 1.82) is 0 Å². The molecule has 0 aliphatic carbocycles. The number of nitrogens with one attached hydrogen (secondary N) is 1. The SMILES string of the molecule is Brc1c(-c2nc(Cc3ccno3)no2)sc2c1CNC2. The number of rotatable bonds is 3. The van der Waals surface area contributed by atoms with E-state index in [4.69, 9.17) is 9.05 Å². The Labute approximate surface area is 126 Å². The fourth-order valence-electron chi connectivity index (χ4n) is 2.15. The Morgan fingerprint density at radius 1 is 1.35 bits per heavy atom. The monoisotopic (exact) mass is 352 g/mol. The normalized spacial score (nSPS) is 13.8. The van der Waals surface area contributed by atoms with Crippen LogP contribution in [0, 0.1) is 0 Å². The van der Waals surface area contributed by atoms with E-state index >= 15 is 0 Å². The molecule has 8 heteroatoms. The highest BCUT2D eigenvalue weighted by Crippen LogP contribution is 2.41. The molecule has 0 unspecified atom stereocenters. The minimum Gasteiger partial charge on any atom is -0.361 e. The van der Waals surface area contributed by atoms with Crippen LogP contribution in [-0.2, 0) is 19.5 Å². The van der Waals surface area contributed by atoms with Crippen LogP contribution < -0.4 is 5.32 Å². The van der Waals surface area contributed by atoms with Crippen LogP contribution in [0.3, 0.4) is 0 Å². The van der Waals surface area contributed by atoms with Crippen LogP contribution in [0.2, 0.25) is 0 Å². The summed E-state index contributed by atoms with van der Waals surface area (Å²) in [4.78, 5) is 6.74. The summed E-state index contributed by atoms with van der Waals surface area (Å²) >= 11 is 5.30. The third kappa shape index (κ3) is 2.00. The summed E-state index contributed by atoms with van der Waals surface area (Å²) < 4.78 is 11.4. The molecule has 1 aliphatic rings. The molecule has 0 saturated carbocycles. The number of hydrogen-bond donors (Lipinski definition) is 1. The Kier molecular flexibility index (Phi) is 2.94. The third-order valence-corrected chi connectivity index (χ3v) is 5.46. The van der Waals surface area contributed by atoms with Crippen molar-refractivity contribution in [2.24, 2.45) is 0 Å². The highest BCUT2D eigenvalue weighted by atomic mass is 79.9. The van der Waals surface area contributed by atoms with E-state index in [1.165, 1.54) is 10.4 Å². The van der Waals surface area contributed by atoms with Crippen LogP contribution in [0.5, 0.6) is 0 Å². The Balaban J connectivity index is 1.65. The van der Waals surface area contributed by atoms with Crippen molar-refractivity contribution >= 4 is 27.3 Å². The molecule has 0 spiro atoms. The molecule has 3 aromatic rings. The lowest BCUT2D eigenvalue weighted by Gasteiger charge is -1.93. The van der Waals surface area contributed by atoms with Crippen LogP contribution in [0.1, 0.15) is 22.0 Å². The standard InChI is InChI=1S/C12H9BrN4O2S/c13-10-7-4-14-5-8(7)20-11(10)12-16-9(17-19-12)3-6-1-2-15-18-6/h1-2,14H,3-5H2. The van der Waals surface area contributed by atoms with Gasteiger partial charge in [-0.15, -0.1) is 11.3 Å². The van der Waals surface area contributed by atoms with Crippen LogP contribution >= 0.6 is 27.3 Å². The molecular formula is C12H9BrN4O2S. The second-order valence-electron chi connectivity index (χ2n) is 4.42. The number of fused-ring (bicyclic) bond motifs is 1. The second kappa shape index (κ2) is 4.80. The molecule has 4 heterocycles. The number of nitrogens with zero attached hydrogens (tertiary/aromatic N) is 3. The fraction of sp³-hybridized carbons (Fsp3) is 0.250. The average molecular weight is 353 g/mol. The summed E-state index contributed by atoms with van der Waals surface area (Å²) in [5.41, 5.74) is 1.29. The molecule has 0 amide bonds. The van der Waals surface area contributed by atoms with Gasteiger partial charge in [0.2, 0.25) is 0 Å². The molecular weight excluding hydrogens is 344 g/mol. The molecule has 1 aliphatic heterocycles. The van der Waals surface area contributed by atoms with E-state index < -0.39 is 0 Å². The number of hydrogen-bond acceptors (Lipinski definition) is 7. The Hall–Kier alpha value is -1.51. The number of aromatic nitrogens is 3. The van der Waals surface area contributed by atoms with E-state index in [-0.39, 0.29) is 0 Å². The molecule has 0 atom stereocenters. The van der Waals surface area contributed by atoms with Gasteiger partial charge < -0.3 is 14.4 Å². The summed E-state index contributed by atoms with van der Waals surface area (Å²) in [6.45, 7) is 1.78. The minimum atomic E-state index is 0.480. The smallest absolute Gasteiger partial charge is 0.269 e. The lowest BCUT2D eigenvalue weighted by Crippen LogP contribution is -2.00. The predicted molar refractivity (Wildman–Crippen MR) is 75.2 cm³/mol. The molecule has 0 fully saturated rings. The maximum atomic E-state index is 5.35. The number of thiophene rings is 1. The van der Waals surface area contributed by atoms with Crippen LogP contribution in [0.4, 0.5) is 0 Å². The largest absolute Gasteiger partial charge is 0.361 e. The Morgan fingerprint density at radius 3 is 3.10 bits per heavy atom. The molecule has 1 N–H and O–H groups in total. The molecule has 0 aromatic carbocycles. The van der Waals surface area contributed by atoms with Crippen LogP contribution in [0.25, 0.3) is 10.8 Å². The summed E-state index contributed by atoms with van der Waals surface area (Å²) in [5, 5.41) is 11.0. The summed E-state index contributed by atoms with van der Waals surface area (Å²) in [5.74, 6) is 1.86. The minimum absolute atomic E-state index is 0.480. The zero-order chi connectivity index (χ0) is 13.5. The lowest BCUT2D eigenvalue weighted by atomic mass is 10.3. The number of halogens is 1. The van der Waals surface area contributed by atoms with Crippen molar-refractivity contribution in [3.05, 3.63) is 38.8 Å². The molecule has 102 valence electrons. The van der Waals surface area contributed by atoms with Crippen molar-refractivity contribution in [3.63, 3.8) is 0 Å². The van der Waals surface area contributed by atoms with Gasteiger partial charge in [0, 0.05) is 28.5 Å². The zero-order valence-corrected chi connectivity index (χ0v) is 12.6. The molecule has 0 radical (unpaired) electrons. The van der Waals surface area contributed by atoms with Crippen molar-refractivity contribution in [3.8, 4) is 10.8 Å². The molecule has 20 heavy (non-hydrogen) atoms. The van der Waals surface area contributed by atoms with Gasteiger partial charge in [0.1, 0.15) is 10.6 Å². The highest BCUT2D eigenvalue weighted by molar-refractivity contribution is 9.10. The van der Waals surface area contributed by atoms with Crippen molar-refractivity contribution < 1.29 is 9.05 Å². The first-order chi connectivity index (χ1) is 9.81. The van der Waals surface area contributed by atoms with Gasteiger partial charge in [0.15, 0.2) is 5.82 Å². The fourth-order valence-corrected chi connectivity index (χ4v) is 4.18. The first kappa shape index (κ1) is 12.2. The average Bonchev–Trinajstić information content (AvgIpc) is 3.17. The van der Waals surface area contributed by atoms with Gasteiger partial charge in [-0.25, -0.2) is 0 Å². The quantitative estimate of drug-likeness (QED) is 0.780. The van der Waals surface area contributed by atoms with Crippen molar-refractivity contribution in [2.45, 2.75) is 19.5 Å². The van der Waals surface area contributed by atoms with Gasteiger partial charge in [-0.1, -0.05) is 10.3 Å². The summed E-state index contributed by atoms with van der Waals surface area (Å²) in [6, 6.07) is 1.79. The Morgan fingerprint density at radius 2 is 2.30 bits per heavy atom. The first-order valence-corrected chi connectivity index (χ1v) is 7.65. The molecule has 3 aromatic heterocycles. The second-order valence-corrected chi connectivity index (χ2v) is 6.32. The molecule has 4 rings (SSSR count). The lowest BCUT2D eigenvalue weighted by molar-refractivity contribution is 0.382. The van der Waals surface area contributed by atoms with E-state index in [0.717, 1.165) is 22.4 Å². The van der Waals surface area contributed by atoms with Crippen molar-refractivity contribution in [1.82, 2.24) is 20.6 Å². The highest BCUT2D eigenvalue weighted by Gasteiger charge is 2.24. The summed E-state index contributed by atoms with van der Waals surface area (Å²) in [6.07, 6.45) is 2.08. The van der Waals surface area contributed by atoms with E-state index in [0.29, 0.717) is 23.9 Å². The van der Waals surface area contributed by atoms with E-state index in [1.807, 2.05) is 0 Å². The maximum Gasteiger partial charge on any atom is 0.269 e. The third-order valence-electron chi connectivity index (χ3n) is 3.10. The maximum absolute atomic E-state index is 5.35. The van der Waals surface area contributed by atoms with Gasteiger partial charge in [0.05, 0.1) is 12.6 Å². The van der Waals surface area contributed by atoms with Gasteiger partial charge in [0.25, 0.3) is 5.89 Å². The molecule has 0 saturated heterocycles. The zero-order valence-electron chi connectivity index (χ0n) is 10.2. The van der Waals surface area contributed by atoms with E-state index in [9.17, 15) is 0 Å². The predicted octanol–water partition coefficient (Wildman–Crippen LogP) is 2.74. The van der Waals surface area contributed by atoms with Crippen LogP contribution in [-0.4, -0.2) is 15.3 Å². The van der Waals surface area contributed by atoms with E-state index in [1.54, 1.807) is 23.6 Å².